The van der Waals surface area contributed by atoms with E-state index in [1.54, 1.807) is 0 Å². The first kappa shape index (κ1) is 18.8. The Bertz CT molecular complexity index is 511. The van der Waals surface area contributed by atoms with Crippen LogP contribution in [0.1, 0.15) is 46.1 Å². The average Bonchev–Trinajstić information content (AvgIpc) is 2.58. The van der Waals surface area contributed by atoms with Gasteiger partial charge in [-0.2, -0.15) is 0 Å². The van der Waals surface area contributed by atoms with Crippen molar-refractivity contribution in [3.8, 4) is 5.75 Å². The van der Waals surface area contributed by atoms with Gasteiger partial charge in [0.15, 0.2) is 6.61 Å². The third-order valence-electron chi connectivity index (χ3n) is 4.73. The Morgan fingerprint density at radius 1 is 1.21 bits per heavy atom. The predicted octanol–water partition coefficient (Wildman–Crippen LogP) is 3.21. The molecule has 0 unspecified atom stereocenters. The molecule has 4 nitrogen and oxygen atoms in total. The maximum absolute atomic E-state index is 12.3. The maximum atomic E-state index is 12.3. The normalized spacial score (nSPS) is 16.2. The van der Waals surface area contributed by atoms with Crippen LogP contribution >= 0.6 is 0 Å². The lowest BCUT2D eigenvalue weighted by Gasteiger charge is -2.32. The highest BCUT2D eigenvalue weighted by molar-refractivity contribution is 5.77. The average molecular weight is 332 g/mol. The van der Waals surface area contributed by atoms with E-state index in [0.717, 1.165) is 44.8 Å². The van der Waals surface area contributed by atoms with Crippen LogP contribution in [0.25, 0.3) is 0 Å². The molecule has 1 aliphatic rings. The Balaban J connectivity index is 1.75. The van der Waals surface area contributed by atoms with Crippen molar-refractivity contribution in [3.05, 3.63) is 29.8 Å². The second-order valence-electron chi connectivity index (χ2n) is 7.69. The fourth-order valence-corrected chi connectivity index (χ4v) is 3.02. The number of piperidine rings is 1. The van der Waals surface area contributed by atoms with Crippen molar-refractivity contribution in [2.24, 2.45) is 5.92 Å². The van der Waals surface area contributed by atoms with Gasteiger partial charge >= 0.3 is 0 Å². The molecule has 1 amide bonds. The molecule has 0 spiro atoms. The van der Waals surface area contributed by atoms with Gasteiger partial charge in [-0.25, -0.2) is 0 Å². The van der Waals surface area contributed by atoms with Crippen LogP contribution in [0.4, 0.5) is 0 Å². The first-order valence-corrected chi connectivity index (χ1v) is 9.12. The van der Waals surface area contributed by atoms with Crippen molar-refractivity contribution in [3.63, 3.8) is 0 Å². The van der Waals surface area contributed by atoms with Crippen LogP contribution < -0.4 is 10.1 Å². The first-order chi connectivity index (χ1) is 11.4. The lowest BCUT2D eigenvalue weighted by atomic mass is 9.87. The summed E-state index contributed by atoms with van der Waals surface area (Å²) in [4.78, 5) is 14.2. The summed E-state index contributed by atoms with van der Waals surface area (Å²) in [5.41, 5.74) is 1.40. The zero-order valence-corrected chi connectivity index (χ0v) is 15.6. The lowest BCUT2D eigenvalue weighted by molar-refractivity contribution is -0.134. The summed E-state index contributed by atoms with van der Waals surface area (Å²) in [6.45, 7) is 12.6. The van der Waals surface area contributed by atoms with E-state index in [1.165, 1.54) is 5.56 Å². The Labute approximate surface area is 146 Å². The minimum absolute atomic E-state index is 0.0943. The van der Waals surface area contributed by atoms with Crippen molar-refractivity contribution in [1.29, 1.82) is 0 Å². The van der Waals surface area contributed by atoms with E-state index in [1.807, 2.05) is 17.0 Å². The number of rotatable bonds is 6. The van der Waals surface area contributed by atoms with Gasteiger partial charge in [-0.3, -0.25) is 4.79 Å². The van der Waals surface area contributed by atoms with Gasteiger partial charge in [0.2, 0.25) is 0 Å². The molecule has 24 heavy (non-hydrogen) atoms. The Morgan fingerprint density at radius 2 is 1.83 bits per heavy atom. The molecule has 1 fully saturated rings. The molecule has 1 saturated heterocycles. The minimum atomic E-state index is 0.0943. The second-order valence-corrected chi connectivity index (χ2v) is 7.69. The smallest absolute Gasteiger partial charge is 0.260 e. The van der Waals surface area contributed by atoms with Crippen LogP contribution in [0.5, 0.6) is 5.75 Å². The predicted molar refractivity (Wildman–Crippen MR) is 98.5 cm³/mol. The van der Waals surface area contributed by atoms with Gasteiger partial charge in [0.1, 0.15) is 5.75 Å². The maximum Gasteiger partial charge on any atom is 0.260 e. The van der Waals surface area contributed by atoms with Gasteiger partial charge in [-0.05, 0) is 55.0 Å². The van der Waals surface area contributed by atoms with Gasteiger partial charge in [0.05, 0.1) is 0 Å². The van der Waals surface area contributed by atoms with Crippen molar-refractivity contribution < 1.29 is 9.53 Å². The molecule has 0 saturated carbocycles. The van der Waals surface area contributed by atoms with E-state index in [4.69, 9.17) is 4.74 Å². The quantitative estimate of drug-likeness (QED) is 0.870. The molecular weight excluding hydrogens is 300 g/mol. The first-order valence-electron chi connectivity index (χ1n) is 9.12. The molecule has 4 heteroatoms. The van der Waals surface area contributed by atoms with E-state index in [2.05, 4.69) is 45.1 Å². The molecule has 1 aromatic rings. The molecule has 1 N–H and O–H groups in total. The minimum Gasteiger partial charge on any atom is -0.484 e. The van der Waals surface area contributed by atoms with E-state index < -0.39 is 0 Å². The monoisotopic (exact) mass is 332 g/mol. The van der Waals surface area contributed by atoms with Crippen molar-refractivity contribution in [1.82, 2.24) is 10.2 Å². The highest BCUT2D eigenvalue weighted by Crippen LogP contribution is 2.24. The standard InChI is InChI=1S/C20H32N2O2/c1-5-21-14-16-10-12-22(13-11-16)19(23)15-24-18-8-6-17(7-9-18)20(2,3)4/h6-9,16,21H,5,10-15H2,1-4H3. The summed E-state index contributed by atoms with van der Waals surface area (Å²) in [7, 11) is 0. The van der Waals surface area contributed by atoms with E-state index in [-0.39, 0.29) is 17.9 Å². The molecule has 0 radical (unpaired) electrons. The van der Waals surface area contributed by atoms with Crippen molar-refractivity contribution in [2.75, 3.05) is 32.8 Å². The van der Waals surface area contributed by atoms with Crippen LogP contribution in [-0.4, -0.2) is 43.6 Å². The molecule has 1 heterocycles. The van der Waals surface area contributed by atoms with Gasteiger partial charge in [-0.1, -0.05) is 39.8 Å². The van der Waals surface area contributed by atoms with E-state index >= 15 is 0 Å². The number of amides is 1. The molecule has 0 atom stereocenters. The van der Waals surface area contributed by atoms with Gasteiger partial charge < -0.3 is 15.0 Å². The second kappa shape index (κ2) is 8.52. The van der Waals surface area contributed by atoms with Crippen LogP contribution in [0, 0.1) is 5.92 Å². The fourth-order valence-electron chi connectivity index (χ4n) is 3.02. The Morgan fingerprint density at radius 3 is 2.38 bits per heavy atom. The largest absolute Gasteiger partial charge is 0.484 e. The highest BCUT2D eigenvalue weighted by atomic mass is 16.5. The molecule has 1 aliphatic heterocycles. The Kier molecular flexibility index (Phi) is 6.67. The van der Waals surface area contributed by atoms with Gasteiger partial charge in [0.25, 0.3) is 5.91 Å². The number of ether oxygens (including phenoxy) is 1. The third kappa shape index (κ3) is 5.52. The third-order valence-corrected chi connectivity index (χ3v) is 4.73. The summed E-state index contributed by atoms with van der Waals surface area (Å²) in [6, 6.07) is 8.06. The van der Waals surface area contributed by atoms with Crippen LogP contribution in [0.3, 0.4) is 0 Å². The van der Waals surface area contributed by atoms with Crippen LogP contribution in [0.15, 0.2) is 24.3 Å². The van der Waals surface area contributed by atoms with Gasteiger partial charge in [0, 0.05) is 13.1 Å². The number of nitrogens with zero attached hydrogens (tertiary/aromatic N) is 1. The van der Waals surface area contributed by atoms with Crippen molar-refractivity contribution >= 4 is 5.91 Å². The summed E-state index contributed by atoms with van der Waals surface area (Å²) in [5.74, 6) is 1.55. The molecular formula is C20H32N2O2. The fraction of sp³-hybridized carbons (Fsp3) is 0.650. The van der Waals surface area contributed by atoms with E-state index in [0.29, 0.717) is 5.92 Å². The number of benzene rings is 1. The zero-order valence-electron chi connectivity index (χ0n) is 15.6. The number of nitrogens with one attached hydrogen (secondary N) is 1. The molecule has 0 aliphatic carbocycles. The highest BCUT2D eigenvalue weighted by Gasteiger charge is 2.22. The zero-order chi connectivity index (χ0) is 17.6. The lowest BCUT2D eigenvalue weighted by Crippen LogP contribution is -2.42. The van der Waals surface area contributed by atoms with Gasteiger partial charge in [-0.15, -0.1) is 0 Å². The van der Waals surface area contributed by atoms with Crippen molar-refractivity contribution in [2.45, 2.75) is 46.0 Å². The Hall–Kier alpha value is -1.55. The van der Waals surface area contributed by atoms with Crippen LogP contribution in [0.2, 0.25) is 0 Å². The SMILES string of the molecule is CCNCC1CCN(C(=O)COc2ccc(C(C)(C)C)cc2)CC1. The number of carbonyl (C=O) groups is 1. The van der Waals surface area contributed by atoms with E-state index in [9.17, 15) is 4.79 Å². The molecule has 0 aromatic heterocycles. The summed E-state index contributed by atoms with van der Waals surface area (Å²) in [6.07, 6.45) is 2.16. The molecule has 0 bridgehead atoms. The molecule has 1 aromatic carbocycles. The summed E-state index contributed by atoms with van der Waals surface area (Å²) < 4.78 is 5.68. The number of hydrogen-bond donors (Lipinski definition) is 1. The summed E-state index contributed by atoms with van der Waals surface area (Å²) in [5, 5.41) is 3.40. The topological polar surface area (TPSA) is 41.6 Å². The summed E-state index contributed by atoms with van der Waals surface area (Å²) >= 11 is 0. The molecule has 2 rings (SSSR count). The van der Waals surface area contributed by atoms with Crippen LogP contribution in [-0.2, 0) is 10.2 Å². The number of likely N-dealkylation sites (tertiary alicyclic amines) is 1. The molecule has 134 valence electrons. The number of carbonyl (C=O) groups excluding carboxylic acids is 1. The number of hydrogen-bond acceptors (Lipinski definition) is 3.